The van der Waals surface area contributed by atoms with E-state index in [2.05, 4.69) is 30.7 Å². The summed E-state index contributed by atoms with van der Waals surface area (Å²) >= 11 is 6.27. The van der Waals surface area contributed by atoms with Gasteiger partial charge in [-0.25, -0.2) is 9.37 Å². The number of hydrogen-bond acceptors (Lipinski definition) is 2. The Balaban J connectivity index is 2.48. The number of pyridine rings is 2. The van der Waals surface area contributed by atoms with Gasteiger partial charge in [-0.15, -0.1) is 0 Å². The summed E-state index contributed by atoms with van der Waals surface area (Å²) in [6.45, 7) is 12.2. The highest BCUT2D eigenvalue weighted by molar-refractivity contribution is 6.29. The van der Waals surface area contributed by atoms with Gasteiger partial charge in [0, 0.05) is 17.8 Å². The van der Waals surface area contributed by atoms with Crippen LogP contribution < -0.4 is 0 Å². The van der Waals surface area contributed by atoms with Crippen molar-refractivity contribution in [2.24, 2.45) is 11.8 Å². The van der Waals surface area contributed by atoms with Crippen LogP contribution >= 0.6 is 11.6 Å². The minimum atomic E-state index is -1.50. The number of alkyl halides is 1. The van der Waals surface area contributed by atoms with Gasteiger partial charge in [0.25, 0.3) is 0 Å². The molecule has 2 rings (SSSR count). The Labute approximate surface area is 162 Å². The van der Waals surface area contributed by atoms with Crippen molar-refractivity contribution in [2.75, 3.05) is 0 Å². The van der Waals surface area contributed by atoms with Crippen LogP contribution in [-0.4, -0.2) is 9.97 Å². The topological polar surface area (TPSA) is 25.8 Å². The van der Waals surface area contributed by atoms with E-state index in [1.165, 1.54) is 5.56 Å². The Morgan fingerprint density at radius 1 is 1.15 bits per heavy atom. The number of aromatic nitrogens is 2. The van der Waals surface area contributed by atoms with Gasteiger partial charge in [0.05, 0.1) is 5.69 Å². The zero-order valence-corrected chi connectivity index (χ0v) is 17.4. The van der Waals surface area contributed by atoms with E-state index in [9.17, 15) is 0 Å². The molecule has 0 aromatic carbocycles. The highest BCUT2D eigenvalue weighted by Gasteiger charge is 2.42. The van der Waals surface area contributed by atoms with Gasteiger partial charge in [0.2, 0.25) is 0 Å². The molecule has 0 aliphatic heterocycles. The molecule has 2 heterocycles. The van der Waals surface area contributed by atoms with Crippen LogP contribution in [0.3, 0.4) is 0 Å². The Morgan fingerprint density at radius 2 is 1.85 bits per heavy atom. The predicted octanol–water partition coefficient (Wildman–Crippen LogP) is 6.52. The molecule has 0 saturated heterocycles. The summed E-state index contributed by atoms with van der Waals surface area (Å²) < 4.78 is 16.2. The van der Waals surface area contributed by atoms with Crippen LogP contribution in [0.2, 0.25) is 5.15 Å². The quantitative estimate of drug-likeness (QED) is 0.514. The van der Waals surface area contributed by atoms with Crippen LogP contribution in [-0.2, 0) is 18.5 Å². The molecule has 0 bridgehead atoms. The van der Waals surface area contributed by atoms with Crippen LogP contribution in [0.1, 0.15) is 70.0 Å². The first-order valence-electron chi connectivity index (χ1n) is 9.50. The van der Waals surface area contributed by atoms with E-state index in [0.29, 0.717) is 23.2 Å². The van der Waals surface area contributed by atoms with Crippen molar-refractivity contribution >= 4 is 11.6 Å². The van der Waals surface area contributed by atoms with E-state index < -0.39 is 5.67 Å². The highest BCUT2D eigenvalue weighted by atomic mass is 35.5. The number of aryl methyl sites for hydroxylation is 1. The summed E-state index contributed by atoms with van der Waals surface area (Å²) in [5.41, 5.74) is 2.32. The Morgan fingerprint density at radius 3 is 2.35 bits per heavy atom. The summed E-state index contributed by atoms with van der Waals surface area (Å²) in [6, 6.07) is 7.37. The summed E-state index contributed by atoms with van der Waals surface area (Å²) in [5.74, 6) is -0.101. The van der Waals surface area contributed by atoms with Crippen molar-refractivity contribution in [2.45, 2.75) is 66.0 Å². The molecule has 0 spiro atoms. The van der Waals surface area contributed by atoms with Gasteiger partial charge in [-0.1, -0.05) is 59.2 Å². The number of hydrogen-bond donors (Lipinski definition) is 0. The van der Waals surface area contributed by atoms with Crippen LogP contribution in [0.15, 0.2) is 30.5 Å². The van der Waals surface area contributed by atoms with E-state index in [0.717, 1.165) is 17.7 Å². The second-order valence-corrected chi connectivity index (χ2v) is 8.10. The van der Waals surface area contributed by atoms with E-state index in [1.54, 1.807) is 12.3 Å². The average molecular weight is 377 g/mol. The summed E-state index contributed by atoms with van der Waals surface area (Å²) in [6.07, 6.45) is 3.09. The molecular weight excluding hydrogens is 347 g/mol. The van der Waals surface area contributed by atoms with Crippen molar-refractivity contribution < 1.29 is 4.39 Å². The van der Waals surface area contributed by atoms with Crippen molar-refractivity contribution in [3.63, 3.8) is 0 Å². The van der Waals surface area contributed by atoms with E-state index in [-0.39, 0.29) is 11.8 Å². The van der Waals surface area contributed by atoms with Crippen LogP contribution in [0.4, 0.5) is 4.39 Å². The van der Waals surface area contributed by atoms with Crippen molar-refractivity contribution in [3.05, 3.63) is 58.1 Å². The number of nitrogens with zero attached hydrogens (tertiary/aromatic N) is 2. The molecule has 0 aliphatic rings. The minimum Gasteiger partial charge on any atom is -0.258 e. The van der Waals surface area contributed by atoms with Gasteiger partial charge in [-0.2, -0.15) is 0 Å². The predicted molar refractivity (Wildman–Crippen MR) is 107 cm³/mol. The fourth-order valence-corrected chi connectivity index (χ4v) is 4.19. The van der Waals surface area contributed by atoms with Crippen LogP contribution in [0, 0.1) is 11.8 Å². The largest absolute Gasteiger partial charge is 0.258 e. The SMILES string of the molecule is CCc1nc(Cl)cc(CC(C)C(F)(c2ccccn2)C(C)C)c1C(C)C. The standard InChI is InChI=1S/C22H30ClFN2/c1-7-18-21(14(2)3)17(13-20(23)26-18)12-16(6)22(24,15(4)5)19-10-8-9-11-25-19/h8-11,13-16H,7,12H2,1-6H3. The maximum absolute atomic E-state index is 16.2. The van der Waals surface area contributed by atoms with Gasteiger partial charge >= 0.3 is 0 Å². The Hall–Kier alpha value is -1.48. The molecule has 0 amide bonds. The molecule has 0 aliphatic carbocycles. The lowest BCUT2D eigenvalue weighted by Gasteiger charge is -2.35. The normalized spacial score (nSPS) is 15.3. The molecule has 0 fully saturated rings. The summed E-state index contributed by atoms with van der Waals surface area (Å²) in [4.78, 5) is 8.83. The third-order valence-corrected chi connectivity index (χ3v) is 5.44. The molecule has 2 aromatic heterocycles. The zero-order valence-electron chi connectivity index (χ0n) is 16.7. The average Bonchev–Trinajstić information content (AvgIpc) is 2.60. The molecule has 2 aromatic rings. The first-order valence-corrected chi connectivity index (χ1v) is 9.88. The highest BCUT2D eigenvalue weighted by Crippen LogP contribution is 2.42. The first kappa shape index (κ1) is 20.8. The Bertz CT molecular complexity index is 730. The maximum atomic E-state index is 16.2. The molecule has 0 radical (unpaired) electrons. The number of halogens is 2. The lowest BCUT2D eigenvalue weighted by Crippen LogP contribution is -2.36. The molecule has 26 heavy (non-hydrogen) atoms. The first-order chi connectivity index (χ1) is 12.2. The van der Waals surface area contributed by atoms with E-state index in [4.69, 9.17) is 11.6 Å². The van der Waals surface area contributed by atoms with Gasteiger partial charge in [-0.3, -0.25) is 4.98 Å². The van der Waals surface area contributed by atoms with Gasteiger partial charge in [0.15, 0.2) is 5.67 Å². The van der Waals surface area contributed by atoms with E-state index >= 15 is 4.39 Å². The Kier molecular flexibility index (Phi) is 6.79. The number of rotatable bonds is 7. The molecule has 0 saturated carbocycles. The maximum Gasteiger partial charge on any atom is 0.157 e. The minimum absolute atomic E-state index is 0.183. The fraction of sp³-hybridized carbons (Fsp3) is 0.545. The van der Waals surface area contributed by atoms with Crippen LogP contribution in [0.5, 0.6) is 0 Å². The molecular formula is C22H30ClFN2. The zero-order chi connectivity index (χ0) is 19.5. The monoisotopic (exact) mass is 376 g/mol. The fourth-order valence-electron chi connectivity index (χ4n) is 3.96. The molecule has 4 heteroatoms. The van der Waals surface area contributed by atoms with Crippen molar-refractivity contribution in [1.82, 2.24) is 9.97 Å². The smallest absolute Gasteiger partial charge is 0.157 e. The van der Waals surface area contributed by atoms with Crippen molar-refractivity contribution in [3.8, 4) is 0 Å². The van der Waals surface area contributed by atoms with Gasteiger partial charge < -0.3 is 0 Å². The van der Waals surface area contributed by atoms with E-state index in [1.807, 2.05) is 39.0 Å². The third kappa shape index (κ3) is 4.09. The summed E-state index contributed by atoms with van der Waals surface area (Å²) in [5, 5.41) is 0.486. The van der Waals surface area contributed by atoms with Crippen molar-refractivity contribution in [1.29, 1.82) is 0 Å². The lowest BCUT2D eigenvalue weighted by molar-refractivity contribution is 0.0294. The molecule has 142 valence electrons. The van der Waals surface area contributed by atoms with Gasteiger partial charge in [-0.05, 0) is 54.0 Å². The second-order valence-electron chi connectivity index (χ2n) is 7.72. The van der Waals surface area contributed by atoms with Gasteiger partial charge in [0.1, 0.15) is 5.15 Å². The van der Waals surface area contributed by atoms with Crippen LogP contribution in [0.25, 0.3) is 0 Å². The summed E-state index contributed by atoms with van der Waals surface area (Å²) in [7, 11) is 0. The lowest BCUT2D eigenvalue weighted by atomic mass is 9.75. The molecule has 2 atom stereocenters. The second kappa shape index (κ2) is 8.47. The molecule has 2 unspecified atom stereocenters. The third-order valence-electron chi connectivity index (χ3n) is 5.25. The molecule has 2 nitrogen and oxygen atoms in total. The molecule has 0 N–H and O–H groups in total.